The number of thioether (sulfide) groups is 1. The fraction of sp³-hybridized carbons (Fsp3) is 0.167. The molecule has 3 aromatic rings. The minimum Gasteiger partial charge on any atom is -0.504 e. The summed E-state index contributed by atoms with van der Waals surface area (Å²) in [7, 11) is 0. The maximum Gasteiger partial charge on any atom is 0.271 e. The molecule has 2 N–H and O–H groups in total. The first-order valence-corrected chi connectivity index (χ1v) is 10.8. The zero-order chi connectivity index (χ0) is 21.2. The molecule has 0 unspecified atom stereocenters. The van der Waals surface area contributed by atoms with Crippen molar-refractivity contribution in [3.63, 3.8) is 0 Å². The Morgan fingerprint density at radius 2 is 1.73 bits per heavy atom. The third-order valence-electron chi connectivity index (χ3n) is 4.26. The molecule has 6 heteroatoms. The summed E-state index contributed by atoms with van der Waals surface area (Å²) in [6.07, 6.45) is 1.51. The molecule has 0 bridgehead atoms. The quantitative estimate of drug-likeness (QED) is 0.378. The molecule has 0 heterocycles. The number of carbonyl (C=O) groups excluding carboxylic acids is 1. The second-order valence-electron chi connectivity index (χ2n) is 6.53. The van der Waals surface area contributed by atoms with E-state index in [0.717, 1.165) is 11.5 Å². The Bertz CT molecular complexity index is 989. The molecule has 0 spiro atoms. The number of benzene rings is 3. The Balaban J connectivity index is 1.49. The molecule has 0 aliphatic heterocycles. The number of aromatic hydroxyl groups is 1. The number of ether oxygens (including phenoxy) is 1. The van der Waals surface area contributed by atoms with Gasteiger partial charge in [-0.05, 0) is 53.9 Å². The first-order chi connectivity index (χ1) is 14.7. The van der Waals surface area contributed by atoms with Crippen LogP contribution in [0.4, 0.5) is 0 Å². The molecule has 0 radical (unpaired) electrons. The lowest BCUT2D eigenvalue weighted by Gasteiger charge is -2.06. The molecule has 30 heavy (non-hydrogen) atoms. The first kappa shape index (κ1) is 21.5. The van der Waals surface area contributed by atoms with Crippen molar-refractivity contribution in [1.82, 2.24) is 5.43 Å². The van der Waals surface area contributed by atoms with Gasteiger partial charge in [-0.15, -0.1) is 0 Å². The van der Waals surface area contributed by atoms with Gasteiger partial charge in [-0.25, -0.2) is 5.43 Å². The predicted octanol–water partition coefficient (Wildman–Crippen LogP) is 4.99. The first-order valence-electron chi connectivity index (χ1n) is 9.65. The summed E-state index contributed by atoms with van der Waals surface area (Å²) in [6, 6.07) is 22.8. The van der Waals surface area contributed by atoms with Gasteiger partial charge in [0, 0.05) is 17.1 Å². The van der Waals surface area contributed by atoms with Gasteiger partial charge in [-0.2, -0.15) is 16.9 Å². The van der Waals surface area contributed by atoms with E-state index in [0.29, 0.717) is 23.5 Å². The minimum absolute atomic E-state index is 0.0695. The number of hydrogen-bond donors (Lipinski definition) is 2. The molecule has 3 rings (SSSR count). The number of rotatable bonds is 9. The molecule has 1 amide bonds. The maximum absolute atomic E-state index is 12.3. The summed E-state index contributed by atoms with van der Waals surface area (Å²) in [4.78, 5) is 12.3. The molecule has 3 aromatic carbocycles. The fourth-order valence-electron chi connectivity index (χ4n) is 2.73. The van der Waals surface area contributed by atoms with E-state index in [9.17, 15) is 9.90 Å². The van der Waals surface area contributed by atoms with Crippen LogP contribution in [0.15, 0.2) is 77.9 Å². The molecule has 5 nitrogen and oxygen atoms in total. The third kappa shape index (κ3) is 6.39. The van der Waals surface area contributed by atoms with Crippen molar-refractivity contribution in [2.24, 2.45) is 5.10 Å². The van der Waals surface area contributed by atoms with E-state index >= 15 is 0 Å². The van der Waals surface area contributed by atoms with Gasteiger partial charge in [0.15, 0.2) is 11.5 Å². The van der Waals surface area contributed by atoms with Crippen molar-refractivity contribution in [3.05, 3.63) is 95.1 Å². The van der Waals surface area contributed by atoms with Crippen molar-refractivity contribution in [1.29, 1.82) is 0 Å². The monoisotopic (exact) mass is 420 g/mol. The van der Waals surface area contributed by atoms with Crippen LogP contribution in [0.1, 0.15) is 34.0 Å². The van der Waals surface area contributed by atoms with E-state index in [4.69, 9.17) is 4.74 Å². The maximum atomic E-state index is 12.3. The van der Waals surface area contributed by atoms with E-state index in [-0.39, 0.29) is 11.7 Å². The van der Waals surface area contributed by atoms with Crippen molar-refractivity contribution < 1.29 is 14.6 Å². The molecule has 0 aromatic heterocycles. The summed E-state index contributed by atoms with van der Waals surface area (Å²) in [5.41, 5.74) is 6.25. The van der Waals surface area contributed by atoms with Crippen molar-refractivity contribution in [2.75, 3.05) is 6.61 Å². The Morgan fingerprint density at radius 3 is 2.43 bits per heavy atom. The number of nitrogens with one attached hydrogen (secondary N) is 1. The third-order valence-corrected chi connectivity index (χ3v) is 5.33. The highest BCUT2D eigenvalue weighted by Gasteiger charge is 2.05. The summed E-state index contributed by atoms with van der Waals surface area (Å²) in [5.74, 6) is 2.02. The summed E-state index contributed by atoms with van der Waals surface area (Å²) in [5, 5.41) is 13.7. The average Bonchev–Trinajstić information content (AvgIpc) is 2.77. The van der Waals surface area contributed by atoms with E-state index < -0.39 is 0 Å². The van der Waals surface area contributed by atoms with Gasteiger partial charge in [0.1, 0.15) is 0 Å². The highest BCUT2D eigenvalue weighted by Crippen LogP contribution is 2.26. The van der Waals surface area contributed by atoms with Gasteiger partial charge in [0.25, 0.3) is 5.91 Å². The highest BCUT2D eigenvalue weighted by molar-refractivity contribution is 7.97. The van der Waals surface area contributed by atoms with Crippen LogP contribution in [0.25, 0.3) is 0 Å². The molecule has 0 fully saturated rings. The molecule has 0 saturated carbocycles. The lowest BCUT2D eigenvalue weighted by Crippen LogP contribution is -2.17. The second kappa shape index (κ2) is 11.1. The van der Waals surface area contributed by atoms with Crippen LogP contribution in [0, 0.1) is 0 Å². The van der Waals surface area contributed by atoms with Crippen LogP contribution in [0.3, 0.4) is 0 Å². The van der Waals surface area contributed by atoms with Gasteiger partial charge in [-0.3, -0.25) is 4.79 Å². The Kier molecular flexibility index (Phi) is 7.92. The van der Waals surface area contributed by atoms with E-state index in [1.54, 1.807) is 24.3 Å². The fourth-order valence-corrected chi connectivity index (χ4v) is 3.68. The summed E-state index contributed by atoms with van der Waals surface area (Å²) >= 11 is 1.84. The van der Waals surface area contributed by atoms with Crippen LogP contribution in [-0.2, 0) is 11.5 Å². The Hall–Kier alpha value is -3.25. The zero-order valence-corrected chi connectivity index (χ0v) is 17.6. The van der Waals surface area contributed by atoms with Crippen LogP contribution in [0.2, 0.25) is 0 Å². The Labute approximate surface area is 180 Å². The van der Waals surface area contributed by atoms with Crippen LogP contribution in [-0.4, -0.2) is 23.8 Å². The number of hydrazone groups is 1. The average molecular weight is 421 g/mol. The van der Waals surface area contributed by atoms with E-state index in [2.05, 4.69) is 22.7 Å². The molecule has 0 saturated heterocycles. The van der Waals surface area contributed by atoms with Gasteiger partial charge in [-0.1, -0.05) is 42.5 Å². The van der Waals surface area contributed by atoms with Gasteiger partial charge in [0.2, 0.25) is 0 Å². The molecular formula is C24H24N2O3S. The van der Waals surface area contributed by atoms with Crippen molar-refractivity contribution in [3.8, 4) is 11.5 Å². The predicted molar refractivity (Wildman–Crippen MR) is 122 cm³/mol. The van der Waals surface area contributed by atoms with Gasteiger partial charge < -0.3 is 9.84 Å². The van der Waals surface area contributed by atoms with Crippen LogP contribution >= 0.6 is 11.8 Å². The largest absolute Gasteiger partial charge is 0.504 e. The minimum atomic E-state index is -0.279. The number of carbonyl (C=O) groups is 1. The molecule has 154 valence electrons. The van der Waals surface area contributed by atoms with Crippen molar-refractivity contribution in [2.45, 2.75) is 18.4 Å². The SMILES string of the molecule is CCOc1cc(/C=N\NC(=O)c2ccc(CSCc3ccccc3)cc2)ccc1O. The summed E-state index contributed by atoms with van der Waals surface area (Å²) in [6.45, 7) is 2.29. The molecule has 0 aliphatic rings. The van der Waals surface area contributed by atoms with Gasteiger partial charge in [0.05, 0.1) is 12.8 Å². The molecule has 0 atom stereocenters. The summed E-state index contributed by atoms with van der Waals surface area (Å²) < 4.78 is 5.34. The van der Waals surface area contributed by atoms with Crippen LogP contribution in [0.5, 0.6) is 11.5 Å². The lowest BCUT2D eigenvalue weighted by atomic mass is 10.1. The van der Waals surface area contributed by atoms with Crippen molar-refractivity contribution >= 4 is 23.9 Å². The van der Waals surface area contributed by atoms with Gasteiger partial charge >= 0.3 is 0 Å². The normalized spacial score (nSPS) is 10.8. The smallest absolute Gasteiger partial charge is 0.271 e. The molecular weight excluding hydrogens is 396 g/mol. The number of amides is 1. The highest BCUT2D eigenvalue weighted by atomic mass is 32.2. The second-order valence-corrected chi connectivity index (χ2v) is 7.52. The number of phenolic OH excluding ortho intramolecular Hbond substituents is 1. The Morgan fingerprint density at radius 1 is 1.03 bits per heavy atom. The van der Waals surface area contributed by atoms with E-state index in [1.807, 2.05) is 49.0 Å². The van der Waals surface area contributed by atoms with E-state index in [1.165, 1.54) is 23.4 Å². The standard InChI is InChI=1S/C24H24N2O3S/c1-2-29-23-14-20(10-13-22(23)27)15-25-26-24(28)21-11-8-19(9-12-21)17-30-16-18-6-4-3-5-7-18/h3-15,27H,2,16-17H2,1H3,(H,26,28)/b25-15-. The zero-order valence-electron chi connectivity index (χ0n) is 16.7. The lowest BCUT2D eigenvalue weighted by molar-refractivity contribution is 0.0955. The number of nitrogens with zero attached hydrogens (tertiary/aromatic N) is 1. The van der Waals surface area contributed by atoms with Crippen LogP contribution < -0.4 is 10.2 Å². The number of phenols is 1. The number of hydrogen-bond acceptors (Lipinski definition) is 5. The topological polar surface area (TPSA) is 70.9 Å². The molecule has 0 aliphatic carbocycles.